The van der Waals surface area contributed by atoms with Gasteiger partial charge in [0.25, 0.3) is 0 Å². The Morgan fingerprint density at radius 2 is 1.69 bits per heavy atom. The van der Waals surface area contributed by atoms with E-state index in [1.165, 1.54) is 15.9 Å². The van der Waals surface area contributed by atoms with E-state index in [4.69, 9.17) is 24.0 Å². The van der Waals surface area contributed by atoms with Crippen LogP contribution in [0.25, 0.3) is 6.08 Å². The van der Waals surface area contributed by atoms with Gasteiger partial charge in [0.2, 0.25) is 5.69 Å². The molecule has 12 nitrogen and oxygen atoms in total. The summed E-state index contributed by atoms with van der Waals surface area (Å²) in [4.78, 5) is 25.3. The number of hydrazone groups is 1. The molecule has 0 spiro atoms. The van der Waals surface area contributed by atoms with E-state index in [-0.39, 0.29) is 17.3 Å². The number of nitro groups is 1. The van der Waals surface area contributed by atoms with E-state index in [1.54, 1.807) is 41.4 Å². The second-order valence-electron chi connectivity index (χ2n) is 9.95. The zero-order valence-corrected chi connectivity index (χ0v) is 24.2. The Kier molecular flexibility index (Phi) is 8.14. The molecule has 1 aromatic heterocycles. The average Bonchev–Trinajstić information content (AvgIpc) is 3.63. The highest BCUT2D eigenvalue weighted by Gasteiger charge is 2.46. The van der Waals surface area contributed by atoms with Crippen molar-refractivity contribution >= 4 is 23.4 Å². The smallest absolute Gasteiger partial charge is 0.320 e. The van der Waals surface area contributed by atoms with Gasteiger partial charge in [-0.15, -0.1) is 0 Å². The molecule has 0 saturated heterocycles. The number of rotatable bonds is 9. The minimum absolute atomic E-state index is 0.153. The Morgan fingerprint density at radius 1 is 1.02 bits per heavy atom. The minimum atomic E-state index is -0.638. The lowest BCUT2D eigenvalue weighted by Crippen LogP contribution is -2.32. The van der Waals surface area contributed by atoms with Crippen molar-refractivity contribution in [2.24, 2.45) is 11.0 Å². The highest BCUT2D eigenvalue weighted by molar-refractivity contribution is 6.09. The molecule has 0 N–H and O–H groups in total. The summed E-state index contributed by atoms with van der Waals surface area (Å²) in [6.45, 7) is 2.18. The lowest BCUT2D eigenvalue weighted by molar-refractivity contribution is -0.385. The number of amides is 1. The molecule has 3 aromatic rings. The fourth-order valence-electron chi connectivity index (χ4n) is 5.65. The van der Waals surface area contributed by atoms with Crippen molar-refractivity contribution in [1.29, 1.82) is 0 Å². The maximum absolute atomic E-state index is 14.1. The number of fused-ring (bicyclic) bond motifs is 1. The third-order valence-electron chi connectivity index (χ3n) is 7.67. The fourth-order valence-corrected chi connectivity index (χ4v) is 5.65. The second-order valence-corrected chi connectivity index (χ2v) is 9.95. The Bertz CT molecular complexity index is 1580. The number of benzene rings is 2. The predicted molar refractivity (Wildman–Crippen MR) is 155 cm³/mol. The molecule has 5 rings (SSSR count). The topological polar surface area (TPSA) is 131 Å². The van der Waals surface area contributed by atoms with Crippen LogP contribution >= 0.6 is 0 Å². The molecule has 220 valence electrons. The van der Waals surface area contributed by atoms with Crippen LogP contribution in [0.1, 0.15) is 53.8 Å². The quantitative estimate of drug-likeness (QED) is 0.249. The summed E-state index contributed by atoms with van der Waals surface area (Å²) in [6, 6.07) is 10.6. The van der Waals surface area contributed by atoms with E-state index in [0.29, 0.717) is 29.5 Å². The molecule has 1 aliphatic heterocycles. The number of nitrogens with zero attached hydrogens (tertiary/aromatic N) is 5. The number of aromatic nitrogens is 2. The van der Waals surface area contributed by atoms with Crippen molar-refractivity contribution in [3.05, 3.63) is 75.1 Å². The standard InChI is InChI=1S/C30H33N5O7/c1-6-33-17-22(35(37)38)28(31-33)30(36)34-29(20-11-13-24(40-3)26(16-20)42-5)21-9-7-8-19(27(21)32-34)14-18-10-12-23(39-2)25(15-18)41-4/h10-17,21,29H,6-9H2,1-5H3. The summed E-state index contributed by atoms with van der Waals surface area (Å²) >= 11 is 0. The summed E-state index contributed by atoms with van der Waals surface area (Å²) in [7, 11) is 6.28. The third kappa shape index (κ3) is 5.15. The van der Waals surface area contributed by atoms with Crippen LogP contribution in [0.4, 0.5) is 5.69 Å². The molecule has 2 atom stereocenters. The summed E-state index contributed by atoms with van der Waals surface area (Å²) in [5.74, 6) is 1.49. The van der Waals surface area contributed by atoms with Crippen LogP contribution in [0.3, 0.4) is 0 Å². The van der Waals surface area contributed by atoms with Gasteiger partial charge in [0.15, 0.2) is 23.0 Å². The normalized spacial score (nSPS) is 18.8. The number of ether oxygens (including phenoxy) is 4. The van der Waals surface area contributed by atoms with Gasteiger partial charge in [-0.25, -0.2) is 5.01 Å². The lowest BCUT2D eigenvalue weighted by Gasteiger charge is -2.29. The number of methoxy groups -OCH3 is 4. The fraction of sp³-hybridized carbons (Fsp3) is 0.367. The molecule has 2 aliphatic rings. The van der Waals surface area contributed by atoms with Gasteiger partial charge in [-0.1, -0.05) is 12.1 Å². The lowest BCUT2D eigenvalue weighted by atomic mass is 9.77. The van der Waals surface area contributed by atoms with E-state index in [9.17, 15) is 14.9 Å². The van der Waals surface area contributed by atoms with Gasteiger partial charge < -0.3 is 18.9 Å². The van der Waals surface area contributed by atoms with Gasteiger partial charge in [-0.05, 0) is 73.2 Å². The first kappa shape index (κ1) is 28.7. The Morgan fingerprint density at radius 3 is 2.33 bits per heavy atom. The van der Waals surface area contributed by atoms with Crippen LogP contribution in [0, 0.1) is 16.0 Å². The monoisotopic (exact) mass is 575 g/mol. The second kappa shape index (κ2) is 11.9. The first-order valence-corrected chi connectivity index (χ1v) is 13.6. The zero-order chi connectivity index (χ0) is 30.0. The molecular weight excluding hydrogens is 542 g/mol. The van der Waals surface area contributed by atoms with Gasteiger partial charge in [-0.2, -0.15) is 10.2 Å². The van der Waals surface area contributed by atoms with Crippen molar-refractivity contribution in [3.8, 4) is 23.0 Å². The van der Waals surface area contributed by atoms with Crippen LogP contribution in [-0.4, -0.2) is 59.8 Å². The average molecular weight is 576 g/mol. The molecule has 1 amide bonds. The van der Waals surface area contributed by atoms with Gasteiger partial charge in [0, 0.05) is 12.5 Å². The molecule has 2 aromatic carbocycles. The van der Waals surface area contributed by atoms with Gasteiger partial charge in [0.05, 0.1) is 45.1 Å². The van der Waals surface area contributed by atoms with Crippen molar-refractivity contribution in [3.63, 3.8) is 0 Å². The van der Waals surface area contributed by atoms with Crippen LogP contribution in [0.2, 0.25) is 0 Å². The molecule has 2 heterocycles. The Balaban J connectivity index is 1.63. The molecule has 42 heavy (non-hydrogen) atoms. The number of allylic oxidation sites excluding steroid dienone is 1. The van der Waals surface area contributed by atoms with Gasteiger partial charge in [0.1, 0.15) is 6.20 Å². The highest BCUT2D eigenvalue weighted by atomic mass is 16.6. The first-order valence-electron chi connectivity index (χ1n) is 13.6. The SMILES string of the molecule is CCn1cc([N+](=O)[O-])c(C(=O)N2N=C3C(=Cc4ccc(OC)c(OC)c4)CCCC3C2c2ccc(OC)c(OC)c2)n1. The minimum Gasteiger partial charge on any atom is -0.493 e. The molecule has 1 saturated carbocycles. The highest BCUT2D eigenvalue weighted by Crippen LogP contribution is 2.47. The summed E-state index contributed by atoms with van der Waals surface area (Å²) in [5.41, 5.74) is 2.81. The molecule has 1 aliphatic carbocycles. The van der Waals surface area contributed by atoms with Crippen molar-refractivity contribution in [2.75, 3.05) is 28.4 Å². The molecular formula is C30H33N5O7. The molecule has 0 bridgehead atoms. The maximum Gasteiger partial charge on any atom is 0.320 e. The van der Waals surface area contributed by atoms with Crippen molar-refractivity contribution in [1.82, 2.24) is 14.8 Å². The third-order valence-corrected chi connectivity index (χ3v) is 7.67. The van der Waals surface area contributed by atoms with Crippen LogP contribution in [-0.2, 0) is 6.54 Å². The van der Waals surface area contributed by atoms with E-state index in [2.05, 4.69) is 5.10 Å². The first-order chi connectivity index (χ1) is 20.3. The van der Waals surface area contributed by atoms with Crippen molar-refractivity contribution in [2.45, 2.75) is 38.8 Å². The maximum atomic E-state index is 14.1. The number of hydrogen-bond donors (Lipinski definition) is 0. The molecule has 0 radical (unpaired) electrons. The number of carbonyl (C=O) groups excluding carboxylic acids is 1. The molecule has 12 heteroatoms. The van der Waals surface area contributed by atoms with Crippen LogP contribution in [0.5, 0.6) is 23.0 Å². The summed E-state index contributed by atoms with van der Waals surface area (Å²) < 4.78 is 23.2. The van der Waals surface area contributed by atoms with E-state index in [0.717, 1.165) is 41.7 Å². The van der Waals surface area contributed by atoms with E-state index >= 15 is 0 Å². The van der Waals surface area contributed by atoms with Gasteiger partial charge in [-0.3, -0.25) is 19.6 Å². The van der Waals surface area contributed by atoms with Crippen LogP contribution in [0.15, 0.2) is 53.3 Å². The number of aryl methyl sites for hydroxylation is 1. The zero-order valence-electron chi connectivity index (χ0n) is 24.2. The van der Waals surface area contributed by atoms with Crippen molar-refractivity contribution < 1.29 is 28.7 Å². The molecule has 1 fully saturated rings. The Hall–Kier alpha value is -4.87. The molecule has 2 unspecified atom stereocenters. The summed E-state index contributed by atoms with van der Waals surface area (Å²) in [5, 5.41) is 22.3. The summed E-state index contributed by atoms with van der Waals surface area (Å²) in [6.07, 6.45) is 5.72. The van der Waals surface area contributed by atoms with Gasteiger partial charge >= 0.3 is 11.6 Å². The predicted octanol–water partition coefficient (Wildman–Crippen LogP) is 5.28. The van der Waals surface area contributed by atoms with E-state index < -0.39 is 16.9 Å². The van der Waals surface area contributed by atoms with Crippen LogP contribution < -0.4 is 18.9 Å². The van der Waals surface area contributed by atoms with E-state index in [1.807, 2.05) is 36.4 Å². The number of hydrogen-bond acceptors (Lipinski definition) is 9. The largest absolute Gasteiger partial charge is 0.493 e. The number of carbonyl (C=O) groups is 1. The Labute approximate surface area is 243 Å².